The summed E-state index contributed by atoms with van der Waals surface area (Å²) in [5.41, 5.74) is 1.48. The number of benzene rings is 1. The topological polar surface area (TPSA) is 46.5 Å². The van der Waals surface area contributed by atoms with Crippen LogP contribution in [0.3, 0.4) is 0 Å². The fraction of sp³-hybridized carbons (Fsp3) is 0.562. The van der Waals surface area contributed by atoms with Gasteiger partial charge in [-0.15, -0.1) is 0 Å². The molecule has 1 N–H and O–H groups in total. The van der Waals surface area contributed by atoms with Crippen LogP contribution < -0.4 is 4.74 Å². The van der Waals surface area contributed by atoms with Gasteiger partial charge in [0.05, 0.1) is 11.7 Å². The van der Waals surface area contributed by atoms with Crippen LogP contribution in [0.5, 0.6) is 5.75 Å². The molecule has 0 amide bonds. The maximum Gasteiger partial charge on any atom is 0.153 e. The molecule has 0 spiro atoms. The van der Waals surface area contributed by atoms with Crippen LogP contribution in [0, 0.1) is 12.8 Å². The molecular formula is C16H22O3. The Labute approximate surface area is 114 Å². The summed E-state index contributed by atoms with van der Waals surface area (Å²) < 4.78 is 5.65. The summed E-state index contributed by atoms with van der Waals surface area (Å²) in [7, 11) is 0. The van der Waals surface area contributed by atoms with Gasteiger partial charge < -0.3 is 9.84 Å². The molecule has 104 valence electrons. The molecule has 0 bridgehead atoms. The van der Waals surface area contributed by atoms with E-state index in [1.54, 1.807) is 6.07 Å². The van der Waals surface area contributed by atoms with E-state index in [1.807, 2.05) is 19.1 Å². The van der Waals surface area contributed by atoms with E-state index in [-0.39, 0.29) is 6.61 Å². The Balaban J connectivity index is 1.89. The van der Waals surface area contributed by atoms with E-state index >= 15 is 0 Å². The van der Waals surface area contributed by atoms with E-state index < -0.39 is 6.10 Å². The Morgan fingerprint density at radius 3 is 2.84 bits per heavy atom. The highest BCUT2D eigenvalue weighted by atomic mass is 16.5. The van der Waals surface area contributed by atoms with Gasteiger partial charge in [0.25, 0.3) is 0 Å². The summed E-state index contributed by atoms with van der Waals surface area (Å²) >= 11 is 0. The van der Waals surface area contributed by atoms with Crippen molar-refractivity contribution < 1.29 is 14.6 Å². The zero-order valence-corrected chi connectivity index (χ0v) is 11.5. The second-order valence-electron chi connectivity index (χ2n) is 5.46. The third-order valence-corrected chi connectivity index (χ3v) is 3.87. The second-order valence-corrected chi connectivity index (χ2v) is 5.46. The standard InChI is InChI=1S/C16H22O3/c1-12-5-4-8-14(10-17)16(12)19-11-15(18)9-13-6-2-3-7-13/h4-5,8,10,13,15,18H,2-3,6-7,9,11H2,1H3. The van der Waals surface area contributed by atoms with Gasteiger partial charge in [0.1, 0.15) is 12.4 Å². The molecule has 1 aromatic carbocycles. The Bertz CT molecular complexity index is 422. The number of aldehydes is 1. The van der Waals surface area contributed by atoms with E-state index in [9.17, 15) is 9.90 Å². The number of aryl methyl sites for hydroxylation is 1. The molecule has 0 heterocycles. The molecule has 0 aliphatic heterocycles. The van der Waals surface area contributed by atoms with Crippen molar-refractivity contribution in [1.82, 2.24) is 0 Å². The minimum atomic E-state index is -0.442. The van der Waals surface area contributed by atoms with Crippen molar-refractivity contribution in [2.45, 2.75) is 45.1 Å². The van der Waals surface area contributed by atoms with Crippen LogP contribution in [0.4, 0.5) is 0 Å². The van der Waals surface area contributed by atoms with Gasteiger partial charge in [-0.3, -0.25) is 4.79 Å². The number of aliphatic hydroxyl groups excluding tert-OH is 1. The van der Waals surface area contributed by atoms with Crippen LogP contribution in [-0.4, -0.2) is 24.1 Å². The van der Waals surface area contributed by atoms with E-state index in [4.69, 9.17) is 4.74 Å². The molecule has 1 fully saturated rings. The number of aliphatic hydroxyl groups is 1. The summed E-state index contributed by atoms with van der Waals surface area (Å²) in [5.74, 6) is 1.24. The van der Waals surface area contributed by atoms with Gasteiger partial charge in [-0.25, -0.2) is 0 Å². The van der Waals surface area contributed by atoms with Crippen molar-refractivity contribution in [2.75, 3.05) is 6.61 Å². The van der Waals surface area contributed by atoms with Crippen LogP contribution in [0.2, 0.25) is 0 Å². The first-order valence-corrected chi connectivity index (χ1v) is 7.06. The first-order valence-electron chi connectivity index (χ1n) is 7.06. The van der Waals surface area contributed by atoms with E-state index in [1.165, 1.54) is 25.7 Å². The third kappa shape index (κ3) is 3.80. The highest BCUT2D eigenvalue weighted by Gasteiger charge is 2.19. The van der Waals surface area contributed by atoms with E-state index in [0.717, 1.165) is 18.3 Å². The number of carbonyl (C=O) groups excluding carboxylic acids is 1. The Morgan fingerprint density at radius 1 is 1.42 bits per heavy atom. The summed E-state index contributed by atoms with van der Waals surface area (Å²) in [6, 6.07) is 5.48. The molecule has 3 nitrogen and oxygen atoms in total. The van der Waals surface area contributed by atoms with Gasteiger partial charge in [-0.1, -0.05) is 37.8 Å². The van der Waals surface area contributed by atoms with E-state index in [0.29, 0.717) is 17.2 Å². The third-order valence-electron chi connectivity index (χ3n) is 3.87. The lowest BCUT2D eigenvalue weighted by Crippen LogP contribution is -2.21. The van der Waals surface area contributed by atoms with Crippen LogP contribution in [0.15, 0.2) is 18.2 Å². The molecule has 3 heteroatoms. The summed E-state index contributed by atoms with van der Waals surface area (Å²) in [5, 5.41) is 10.0. The molecule has 1 aromatic rings. The van der Waals surface area contributed by atoms with Crippen molar-refractivity contribution in [2.24, 2.45) is 5.92 Å². The number of rotatable bonds is 6. The van der Waals surface area contributed by atoms with Crippen LogP contribution in [0.1, 0.15) is 48.0 Å². The molecule has 1 saturated carbocycles. The van der Waals surface area contributed by atoms with Crippen LogP contribution >= 0.6 is 0 Å². The second kappa shape index (κ2) is 6.71. The van der Waals surface area contributed by atoms with Crippen LogP contribution in [-0.2, 0) is 0 Å². The summed E-state index contributed by atoms with van der Waals surface area (Å²) in [6.07, 6.45) is 6.18. The van der Waals surface area contributed by atoms with Gasteiger partial charge in [0.15, 0.2) is 6.29 Å². The van der Waals surface area contributed by atoms with E-state index in [2.05, 4.69) is 0 Å². The van der Waals surface area contributed by atoms with Crippen molar-refractivity contribution in [3.8, 4) is 5.75 Å². The van der Waals surface area contributed by atoms with Gasteiger partial charge in [-0.05, 0) is 30.9 Å². The van der Waals surface area contributed by atoms with Gasteiger partial charge in [0, 0.05) is 0 Å². The average molecular weight is 262 g/mol. The number of hydrogen-bond acceptors (Lipinski definition) is 3. The molecule has 2 rings (SSSR count). The minimum absolute atomic E-state index is 0.266. The number of carbonyl (C=O) groups is 1. The zero-order valence-electron chi connectivity index (χ0n) is 11.5. The molecule has 1 unspecified atom stereocenters. The largest absolute Gasteiger partial charge is 0.490 e. The fourth-order valence-electron chi connectivity index (χ4n) is 2.84. The highest BCUT2D eigenvalue weighted by molar-refractivity contribution is 5.80. The predicted octanol–water partition coefficient (Wildman–Crippen LogP) is 3.13. The lowest BCUT2D eigenvalue weighted by atomic mass is 10.0. The Hall–Kier alpha value is -1.35. The molecule has 1 atom stereocenters. The maximum atomic E-state index is 11.0. The minimum Gasteiger partial charge on any atom is -0.490 e. The number of hydrogen-bond donors (Lipinski definition) is 1. The molecular weight excluding hydrogens is 240 g/mol. The quantitative estimate of drug-likeness (QED) is 0.801. The van der Waals surface area contributed by atoms with Crippen molar-refractivity contribution in [3.63, 3.8) is 0 Å². The Kier molecular flexibility index (Phi) is 4.97. The fourth-order valence-corrected chi connectivity index (χ4v) is 2.84. The molecule has 0 saturated heterocycles. The van der Waals surface area contributed by atoms with Crippen molar-refractivity contribution in [1.29, 1.82) is 0 Å². The first-order chi connectivity index (χ1) is 9.20. The van der Waals surface area contributed by atoms with Gasteiger partial charge in [0.2, 0.25) is 0 Å². The van der Waals surface area contributed by atoms with Crippen molar-refractivity contribution in [3.05, 3.63) is 29.3 Å². The normalized spacial score (nSPS) is 17.4. The summed E-state index contributed by atoms with van der Waals surface area (Å²) in [6.45, 7) is 2.17. The Morgan fingerprint density at radius 2 is 2.16 bits per heavy atom. The average Bonchev–Trinajstić information content (AvgIpc) is 2.89. The number of para-hydroxylation sites is 1. The lowest BCUT2D eigenvalue weighted by molar-refractivity contribution is 0.0843. The van der Waals surface area contributed by atoms with Crippen molar-refractivity contribution >= 4 is 6.29 Å². The first kappa shape index (κ1) is 14.1. The molecule has 1 aliphatic carbocycles. The SMILES string of the molecule is Cc1cccc(C=O)c1OCC(O)CC1CCCC1. The highest BCUT2D eigenvalue weighted by Crippen LogP contribution is 2.29. The van der Waals surface area contributed by atoms with Gasteiger partial charge >= 0.3 is 0 Å². The van der Waals surface area contributed by atoms with Crippen LogP contribution in [0.25, 0.3) is 0 Å². The molecule has 0 aromatic heterocycles. The lowest BCUT2D eigenvalue weighted by Gasteiger charge is -2.17. The summed E-state index contributed by atoms with van der Waals surface area (Å²) in [4.78, 5) is 11.0. The maximum absolute atomic E-state index is 11.0. The predicted molar refractivity (Wildman–Crippen MR) is 74.6 cm³/mol. The monoisotopic (exact) mass is 262 g/mol. The molecule has 0 radical (unpaired) electrons. The van der Waals surface area contributed by atoms with Gasteiger partial charge in [-0.2, -0.15) is 0 Å². The zero-order chi connectivity index (χ0) is 13.7. The molecule has 19 heavy (non-hydrogen) atoms. The molecule has 1 aliphatic rings. The number of ether oxygens (including phenoxy) is 1. The smallest absolute Gasteiger partial charge is 0.153 e.